The fourth-order valence-electron chi connectivity index (χ4n) is 2.47. The molecule has 1 aliphatic rings. The van der Waals surface area contributed by atoms with Crippen LogP contribution in [0.5, 0.6) is 0 Å². The monoisotopic (exact) mass is 223 g/mol. The lowest BCUT2D eigenvalue weighted by Crippen LogP contribution is -2.34. The van der Waals surface area contributed by atoms with E-state index in [4.69, 9.17) is 10.3 Å². The van der Waals surface area contributed by atoms with Gasteiger partial charge in [-0.05, 0) is 25.7 Å². The van der Waals surface area contributed by atoms with Gasteiger partial charge in [-0.2, -0.15) is 4.98 Å². The molecule has 0 saturated heterocycles. The molecule has 1 aromatic rings. The van der Waals surface area contributed by atoms with Gasteiger partial charge in [0, 0.05) is 5.92 Å². The molecule has 0 radical (unpaired) electrons. The third kappa shape index (κ3) is 1.98. The van der Waals surface area contributed by atoms with Crippen molar-refractivity contribution >= 4 is 0 Å². The summed E-state index contributed by atoms with van der Waals surface area (Å²) in [5, 5.41) is 4.08. The molecule has 16 heavy (non-hydrogen) atoms. The van der Waals surface area contributed by atoms with Gasteiger partial charge < -0.3 is 10.3 Å². The first kappa shape index (κ1) is 11.6. The Bertz CT molecular complexity index is 338. The molecule has 4 nitrogen and oxygen atoms in total. The topological polar surface area (TPSA) is 64.9 Å². The number of aromatic nitrogens is 2. The molecule has 1 fully saturated rings. The molecule has 0 aliphatic heterocycles. The fourth-order valence-corrected chi connectivity index (χ4v) is 2.47. The van der Waals surface area contributed by atoms with Gasteiger partial charge in [-0.15, -0.1) is 0 Å². The lowest BCUT2D eigenvalue weighted by molar-refractivity contribution is 0.329. The van der Waals surface area contributed by atoms with Crippen LogP contribution in [0, 0.1) is 0 Å². The van der Waals surface area contributed by atoms with Crippen LogP contribution in [0.3, 0.4) is 0 Å². The van der Waals surface area contributed by atoms with Crippen molar-refractivity contribution < 1.29 is 4.52 Å². The highest BCUT2D eigenvalue weighted by Gasteiger charge is 2.36. The summed E-state index contributed by atoms with van der Waals surface area (Å²) in [6, 6.07) is 0. The second-order valence-electron chi connectivity index (χ2n) is 4.83. The SMILES string of the molecule is CCC(CC)c1nc(C2(N)CCCC2)no1. The van der Waals surface area contributed by atoms with E-state index in [1.807, 2.05) is 0 Å². The molecular weight excluding hydrogens is 202 g/mol. The Balaban J connectivity index is 2.18. The zero-order valence-electron chi connectivity index (χ0n) is 10.2. The number of nitrogens with two attached hydrogens (primary N) is 1. The number of rotatable bonds is 4. The molecule has 0 amide bonds. The van der Waals surface area contributed by atoms with Crippen LogP contribution in [0.2, 0.25) is 0 Å². The minimum absolute atomic E-state index is 0.326. The largest absolute Gasteiger partial charge is 0.339 e. The first-order valence-corrected chi connectivity index (χ1v) is 6.32. The minimum Gasteiger partial charge on any atom is -0.339 e. The Morgan fingerprint density at radius 3 is 2.50 bits per heavy atom. The second-order valence-corrected chi connectivity index (χ2v) is 4.83. The minimum atomic E-state index is -0.326. The molecule has 0 aromatic carbocycles. The number of hydrogen-bond donors (Lipinski definition) is 1. The van der Waals surface area contributed by atoms with E-state index in [1.165, 1.54) is 12.8 Å². The predicted octanol–water partition coefficient (Wildman–Crippen LogP) is 2.70. The van der Waals surface area contributed by atoms with Crippen molar-refractivity contribution in [1.29, 1.82) is 0 Å². The average molecular weight is 223 g/mol. The van der Waals surface area contributed by atoms with E-state index in [2.05, 4.69) is 24.0 Å². The summed E-state index contributed by atoms with van der Waals surface area (Å²) >= 11 is 0. The van der Waals surface area contributed by atoms with E-state index in [0.29, 0.717) is 11.7 Å². The van der Waals surface area contributed by atoms with Crippen LogP contribution in [0.25, 0.3) is 0 Å². The van der Waals surface area contributed by atoms with Crippen molar-refractivity contribution in [2.24, 2.45) is 5.73 Å². The molecule has 2 N–H and O–H groups in total. The molecule has 0 spiro atoms. The Labute approximate surface area is 96.6 Å². The maximum absolute atomic E-state index is 6.29. The maximum Gasteiger partial charge on any atom is 0.229 e. The third-order valence-corrected chi connectivity index (χ3v) is 3.72. The first-order chi connectivity index (χ1) is 7.69. The lowest BCUT2D eigenvalue weighted by atomic mass is 9.98. The average Bonchev–Trinajstić information content (AvgIpc) is 2.90. The van der Waals surface area contributed by atoms with Crippen LogP contribution in [0.4, 0.5) is 0 Å². The van der Waals surface area contributed by atoms with E-state index >= 15 is 0 Å². The summed E-state index contributed by atoms with van der Waals surface area (Å²) in [6.45, 7) is 4.29. The standard InChI is InChI=1S/C12H21N3O/c1-3-9(4-2)10-14-11(15-16-10)12(13)7-5-6-8-12/h9H,3-8,13H2,1-2H3. The summed E-state index contributed by atoms with van der Waals surface area (Å²) in [5.41, 5.74) is 5.97. The van der Waals surface area contributed by atoms with Crippen molar-refractivity contribution in [3.8, 4) is 0 Å². The fraction of sp³-hybridized carbons (Fsp3) is 0.833. The maximum atomic E-state index is 6.29. The molecule has 1 heterocycles. The van der Waals surface area contributed by atoms with Crippen molar-refractivity contribution in [1.82, 2.24) is 10.1 Å². The first-order valence-electron chi connectivity index (χ1n) is 6.32. The molecule has 1 aliphatic carbocycles. The smallest absolute Gasteiger partial charge is 0.229 e. The van der Waals surface area contributed by atoms with E-state index in [9.17, 15) is 0 Å². The van der Waals surface area contributed by atoms with Gasteiger partial charge in [0.1, 0.15) is 0 Å². The van der Waals surface area contributed by atoms with Gasteiger partial charge in [0.2, 0.25) is 5.89 Å². The van der Waals surface area contributed by atoms with Gasteiger partial charge in [-0.3, -0.25) is 0 Å². The van der Waals surface area contributed by atoms with Crippen LogP contribution in [0.1, 0.15) is 70.0 Å². The van der Waals surface area contributed by atoms with Crippen LogP contribution in [-0.4, -0.2) is 10.1 Å². The zero-order chi connectivity index (χ0) is 11.6. The molecule has 0 unspecified atom stereocenters. The molecule has 0 atom stereocenters. The third-order valence-electron chi connectivity index (χ3n) is 3.72. The van der Waals surface area contributed by atoms with E-state index in [0.717, 1.165) is 31.6 Å². The quantitative estimate of drug-likeness (QED) is 0.852. The van der Waals surface area contributed by atoms with Crippen molar-refractivity contribution in [2.45, 2.75) is 63.8 Å². The summed E-state index contributed by atoms with van der Waals surface area (Å²) in [4.78, 5) is 4.50. The molecular formula is C12H21N3O. The van der Waals surface area contributed by atoms with E-state index in [1.54, 1.807) is 0 Å². The second kappa shape index (κ2) is 4.53. The lowest BCUT2D eigenvalue weighted by Gasteiger charge is -2.17. The highest BCUT2D eigenvalue weighted by Crippen LogP contribution is 2.35. The molecule has 90 valence electrons. The Hall–Kier alpha value is -0.900. The summed E-state index contributed by atoms with van der Waals surface area (Å²) < 4.78 is 5.35. The summed E-state index contributed by atoms with van der Waals surface area (Å²) in [5.74, 6) is 1.86. The van der Waals surface area contributed by atoms with Crippen LogP contribution in [0.15, 0.2) is 4.52 Å². The van der Waals surface area contributed by atoms with Gasteiger partial charge in [-0.25, -0.2) is 0 Å². The Kier molecular flexibility index (Phi) is 3.28. The van der Waals surface area contributed by atoms with Gasteiger partial charge in [0.05, 0.1) is 5.54 Å². The molecule has 1 saturated carbocycles. The van der Waals surface area contributed by atoms with E-state index < -0.39 is 0 Å². The Morgan fingerprint density at radius 1 is 1.31 bits per heavy atom. The van der Waals surface area contributed by atoms with Gasteiger partial charge >= 0.3 is 0 Å². The van der Waals surface area contributed by atoms with Crippen LogP contribution < -0.4 is 5.73 Å². The zero-order valence-corrected chi connectivity index (χ0v) is 10.2. The Morgan fingerprint density at radius 2 is 1.94 bits per heavy atom. The number of nitrogens with zero attached hydrogens (tertiary/aromatic N) is 2. The molecule has 1 aromatic heterocycles. The van der Waals surface area contributed by atoms with Crippen molar-refractivity contribution in [2.75, 3.05) is 0 Å². The van der Waals surface area contributed by atoms with Gasteiger partial charge in [0.15, 0.2) is 5.82 Å². The van der Waals surface area contributed by atoms with Crippen LogP contribution in [-0.2, 0) is 5.54 Å². The van der Waals surface area contributed by atoms with Gasteiger partial charge in [0.25, 0.3) is 0 Å². The van der Waals surface area contributed by atoms with Crippen molar-refractivity contribution in [3.05, 3.63) is 11.7 Å². The molecule has 2 rings (SSSR count). The summed E-state index contributed by atoms with van der Waals surface area (Å²) in [7, 11) is 0. The van der Waals surface area contributed by atoms with Crippen LogP contribution >= 0.6 is 0 Å². The normalized spacial score (nSPS) is 19.5. The molecule has 4 heteroatoms. The number of hydrogen-bond acceptors (Lipinski definition) is 4. The highest BCUT2D eigenvalue weighted by molar-refractivity contribution is 5.07. The highest BCUT2D eigenvalue weighted by atomic mass is 16.5. The van der Waals surface area contributed by atoms with E-state index in [-0.39, 0.29) is 5.54 Å². The van der Waals surface area contributed by atoms with Crippen molar-refractivity contribution in [3.63, 3.8) is 0 Å². The molecule has 0 bridgehead atoms. The van der Waals surface area contributed by atoms with Gasteiger partial charge in [-0.1, -0.05) is 31.8 Å². The predicted molar refractivity (Wildman–Crippen MR) is 62.0 cm³/mol. The summed E-state index contributed by atoms with van der Waals surface area (Å²) in [6.07, 6.45) is 6.38.